The fraction of sp³-hybridized carbons (Fsp3) is 0.0714. The zero-order valence-corrected chi connectivity index (χ0v) is 12.0. The smallest absolute Gasteiger partial charge is 0.198 e. The van der Waals surface area contributed by atoms with Gasteiger partial charge < -0.3 is 10.5 Å². The van der Waals surface area contributed by atoms with Gasteiger partial charge in [0.1, 0.15) is 10.7 Å². The van der Waals surface area contributed by atoms with Gasteiger partial charge in [-0.05, 0) is 36.8 Å². The number of halogens is 3. The molecule has 0 unspecified atom stereocenters. The third kappa shape index (κ3) is 3.05. The van der Waals surface area contributed by atoms with E-state index in [1.807, 2.05) is 6.92 Å². The van der Waals surface area contributed by atoms with Crippen LogP contribution in [0.25, 0.3) is 0 Å². The molecule has 2 aromatic rings. The lowest BCUT2D eigenvalue weighted by Crippen LogP contribution is -2.10. The van der Waals surface area contributed by atoms with Crippen molar-refractivity contribution in [2.24, 2.45) is 5.73 Å². The molecule has 0 aromatic heterocycles. The number of aryl methyl sites for hydroxylation is 1. The van der Waals surface area contributed by atoms with Crippen LogP contribution >= 0.6 is 23.8 Å². The van der Waals surface area contributed by atoms with Gasteiger partial charge in [0.05, 0.1) is 5.02 Å². The van der Waals surface area contributed by atoms with E-state index in [0.717, 1.165) is 17.7 Å². The van der Waals surface area contributed by atoms with Gasteiger partial charge in [-0.2, -0.15) is 0 Å². The Morgan fingerprint density at radius 3 is 2.35 bits per heavy atom. The Labute approximate surface area is 125 Å². The Kier molecular flexibility index (Phi) is 4.20. The standard InChI is InChI=1S/C14H10ClF2NOS/c1-7-2-3-9(15)12(4-7)19-13-10(16)5-8(14(18)20)6-11(13)17/h2-6H,1H3,(H2,18,20). The molecule has 2 rings (SSSR count). The molecule has 2 N–H and O–H groups in total. The van der Waals surface area contributed by atoms with Crippen molar-refractivity contribution in [3.8, 4) is 11.5 Å². The van der Waals surface area contributed by atoms with Crippen LogP contribution in [0.2, 0.25) is 5.02 Å². The van der Waals surface area contributed by atoms with Crippen molar-refractivity contribution in [1.82, 2.24) is 0 Å². The number of thiocarbonyl (C=S) groups is 1. The van der Waals surface area contributed by atoms with E-state index in [-0.39, 0.29) is 21.3 Å². The van der Waals surface area contributed by atoms with Crippen molar-refractivity contribution in [2.75, 3.05) is 0 Å². The lowest BCUT2D eigenvalue weighted by molar-refractivity contribution is 0.407. The van der Waals surface area contributed by atoms with Gasteiger partial charge in [-0.15, -0.1) is 0 Å². The summed E-state index contributed by atoms with van der Waals surface area (Å²) in [6.07, 6.45) is 0. The zero-order valence-electron chi connectivity index (χ0n) is 10.4. The number of hydrogen-bond acceptors (Lipinski definition) is 2. The maximum atomic E-state index is 13.9. The van der Waals surface area contributed by atoms with Crippen LogP contribution in [0, 0.1) is 18.6 Å². The lowest BCUT2D eigenvalue weighted by atomic mass is 10.2. The van der Waals surface area contributed by atoms with Crippen molar-refractivity contribution in [3.05, 3.63) is 58.1 Å². The average molecular weight is 314 g/mol. The summed E-state index contributed by atoms with van der Waals surface area (Å²) >= 11 is 10.6. The van der Waals surface area contributed by atoms with Gasteiger partial charge in [0.2, 0.25) is 0 Å². The molecule has 2 aromatic carbocycles. The number of nitrogens with two attached hydrogens (primary N) is 1. The van der Waals surface area contributed by atoms with Crippen LogP contribution in [0.15, 0.2) is 30.3 Å². The first-order valence-electron chi connectivity index (χ1n) is 5.61. The van der Waals surface area contributed by atoms with Crippen LogP contribution in [0.1, 0.15) is 11.1 Å². The minimum Gasteiger partial charge on any atom is -0.450 e. The summed E-state index contributed by atoms with van der Waals surface area (Å²) in [5.41, 5.74) is 6.28. The molecule has 0 atom stereocenters. The predicted octanol–water partition coefficient (Wildman–Crippen LogP) is 4.35. The highest BCUT2D eigenvalue weighted by atomic mass is 35.5. The Morgan fingerprint density at radius 2 is 1.80 bits per heavy atom. The Morgan fingerprint density at radius 1 is 1.20 bits per heavy atom. The average Bonchev–Trinajstić information content (AvgIpc) is 2.37. The highest BCUT2D eigenvalue weighted by Gasteiger charge is 2.16. The van der Waals surface area contributed by atoms with Gasteiger partial charge in [0.25, 0.3) is 0 Å². The first kappa shape index (κ1) is 14.7. The summed E-state index contributed by atoms with van der Waals surface area (Å²) in [6.45, 7) is 1.81. The molecule has 6 heteroatoms. The van der Waals surface area contributed by atoms with E-state index >= 15 is 0 Å². The molecule has 0 saturated carbocycles. The summed E-state index contributed by atoms with van der Waals surface area (Å²) < 4.78 is 33.0. The normalized spacial score (nSPS) is 10.4. The largest absolute Gasteiger partial charge is 0.450 e. The van der Waals surface area contributed by atoms with Crippen LogP contribution < -0.4 is 10.5 Å². The molecule has 0 spiro atoms. The minimum absolute atomic E-state index is 0.0945. The number of benzene rings is 2. The van der Waals surface area contributed by atoms with Gasteiger partial charge in [0, 0.05) is 5.56 Å². The minimum atomic E-state index is -0.898. The molecule has 104 valence electrons. The van der Waals surface area contributed by atoms with Crippen molar-refractivity contribution in [2.45, 2.75) is 6.92 Å². The molecule has 20 heavy (non-hydrogen) atoms. The summed E-state index contributed by atoms with van der Waals surface area (Å²) in [7, 11) is 0. The molecule has 2 nitrogen and oxygen atoms in total. The molecule has 0 amide bonds. The van der Waals surface area contributed by atoms with E-state index in [4.69, 9.17) is 22.1 Å². The highest BCUT2D eigenvalue weighted by Crippen LogP contribution is 2.33. The first-order valence-corrected chi connectivity index (χ1v) is 6.40. The molecule has 0 aliphatic heterocycles. The summed E-state index contributed by atoms with van der Waals surface area (Å²) in [4.78, 5) is -0.0945. The van der Waals surface area contributed by atoms with Gasteiger partial charge in [0.15, 0.2) is 17.4 Å². The molecule has 0 fully saturated rings. The van der Waals surface area contributed by atoms with E-state index in [1.165, 1.54) is 0 Å². The van der Waals surface area contributed by atoms with Crippen molar-refractivity contribution < 1.29 is 13.5 Å². The molecular weight excluding hydrogens is 304 g/mol. The van der Waals surface area contributed by atoms with Crippen LogP contribution in [-0.4, -0.2) is 4.99 Å². The van der Waals surface area contributed by atoms with Crippen LogP contribution in [0.3, 0.4) is 0 Å². The molecule has 0 aliphatic carbocycles. The van der Waals surface area contributed by atoms with Crippen molar-refractivity contribution >= 4 is 28.8 Å². The summed E-state index contributed by atoms with van der Waals surface area (Å²) in [6, 6.07) is 6.97. The topological polar surface area (TPSA) is 35.2 Å². The SMILES string of the molecule is Cc1ccc(Cl)c(Oc2c(F)cc(C(N)=S)cc2F)c1. The molecule has 0 saturated heterocycles. The van der Waals surface area contributed by atoms with E-state index in [0.29, 0.717) is 0 Å². The maximum absolute atomic E-state index is 13.9. The van der Waals surface area contributed by atoms with E-state index in [9.17, 15) is 8.78 Å². The Bertz CT molecular complexity index is 668. The molecule has 0 aliphatic rings. The first-order chi connectivity index (χ1) is 9.38. The van der Waals surface area contributed by atoms with Crippen LogP contribution in [-0.2, 0) is 0 Å². The van der Waals surface area contributed by atoms with Gasteiger partial charge in [-0.1, -0.05) is 29.9 Å². The Hall–Kier alpha value is -1.72. The summed E-state index contributed by atoms with van der Waals surface area (Å²) in [5.74, 6) is -2.17. The monoisotopic (exact) mass is 313 g/mol. The third-order valence-electron chi connectivity index (χ3n) is 2.58. The van der Waals surface area contributed by atoms with Gasteiger partial charge in [-0.3, -0.25) is 0 Å². The van der Waals surface area contributed by atoms with Crippen molar-refractivity contribution in [1.29, 1.82) is 0 Å². The molecule has 0 heterocycles. The second kappa shape index (κ2) is 5.73. The van der Waals surface area contributed by atoms with Crippen LogP contribution in [0.4, 0.5) is 8.78 Å². The lowest BCUT2D eigenvalue weighted by Gasteiger charge is -2.11. The highest BCUT2D eigenvalue weighted by molar-refractivity contribution is 7.80. The molecule has 0 radical (unpaired) electrons. The van der Waals surface area contributed by atoms with E-state index < -0.39 is 17.4 Å². The second-order valence-electron chi connectivity index (χ2n) is 4.17. The molecule has 0 bridgehead atoms. The third-order valence-corrected chi connectivity index (χ3v) is 3.13. The quantitative estimate of drug-likeness (QED) is 0.855. The fourth-order valence-corrected chi connectivity index (χ4v) is 1.87. The maximum Gasteiger partial charge on any atom is 0.198 e. The van der Waals surface area contributed by atoms with Gasteiger partial charge in [-0.25, -0.2) is 8.78 Å². The van der Waals surface area contributed by atoms with Gasteiger partial charge >= 0.3 is 0 Å². The van der Waals surface area contributed by atoms with Crippen LogP contribution in [0.5, 0.6) is 11.5 Å². The number of rotatable bonds is 3. The summed E-state index contributed by atoms with van der Waals surface area (Å²) in [5, 5.41) is 0.257. The van der Waals surface area contributed by atoms with E-state index in [2.05, 4.69) is 12.2 Å². The predicted molar refractivity (Wildman–Crippen MR) is 78.5 cm³/mol. The number of hydrogen-bond donors (Lipinski definition) is 1. The number of ether oxygens (including phenoxy) is 1. The fourth-order valence-electron chi connectivity index (χ4n) is 1.60. The Balaban J connectivity index is 2.44. The zero-order chi connectivity index (χ0) is 14.9. The van der Waals surface area contributed by atoms with Crippen molar-refractivity contribution in [3.63, 3.8) is 0 Å². The van der Waals surface area contributed by atoms with E-state index in [1.54, 1.807) is 18.2 Å². The molecular formula is C14H10ClF2NOS. The second-order valence-corrected chi connectivity index (χ2v) is 5.02.